The summed E-state index contributed by atoms with van der Waals surface area (Å²) >= 11 is 0. The van der Waals surface area contributed by atoms with E-state index in [1.54, 1.807) is 18.1 Å². The van der Waals surface area contributed by atoms with Crippen LogP contribution in [0.25, 0.3) is 0 Å². The Bertz CT molecular complexity index is 1130. The molecule has 8 heteroatoms. The maximum absolute atomic E-state index is 13.5. The van der Waals surface area contributed by atoms with Gasteiger partial charge in [-0.1, -0.05) is 49.7 Å². The van der Waals surface area contributed by atoms with Gasteiger partial charge in [0.05, 0.1) is 25.7 Å². The molecule has 4 atom stereocenters. The molecule has 4 rings (SSSR count). The fourth-order valence-electron chi connectivity index (χ4n) is 5.25. The summed E-state index contributed by atoms with van der Waals surface area (Å²) in [6, 6.07) is 14.4. The van der Waals surface area contributed by atoms with Gasteiger partial charge in [-0.25, -0.2) is 0 Å². The number of benzene rings is 2. The average molecular weight is 509 g/mol. The molecule has 1 aliphatic heterocycles. The molecule has 198 valence electrons. The number of methoxy groups -OCH3 is 1. The van der Waals surface area contributed by atoms with Gasteiger partial charge in [-0.05, 0) is 36.6 Å². The number of para-hydroxylation sites is 2. The van der Waals surface area contributed by atoms with E-state index in [0.717, 1.165) is 29.7 Å². The van der Waals surface area contributed by atoms with Gasteiger partial charge in [0.2, 0.25) is 11.8 Å². The summed E-state index contributed by atoms with van der Waals surface area (Å²) in [6.45, 7) is 2.29. The van der Waals surface area contributed by atoms with E-state index >= 15 is 0 Å². The Morgan fingerprint density at radius 2 is 1.89 bits per heavy atom. The number of aliphatic hydroxyl groups is 2. The summed E-state index contributed by atoms with van der Waals surface area (Å²) in [4.78, 5) is 28.4. The molecule has 8 nitrogen and oxygen atoms in total. The van der Waals surface area contributed by atoms with Crippen molar-refractivity contribution in [3.8, 4) is 11.5 Å². The van der Waals surface area contributed by atoms with E-state index in [4.69, 9.17) is 9.47 Å². The third-order valence-electron chi connectivity index (χ3n) is 7.12. The van der Waals surface area contributed by atoms with Crippen LogP contribution in [0.3, 0.4) is 0 Å². The monoisotopic (exact) mass is 508 g/mol. The smallest absolute Gasteiger partial charge is 0.247 e. The molecule has 0 fully saturated rings. The van der Waals surface area contributed by atoms with Gasteiger partial charge in [-0.2, -0.15) is 0 Å². The van der Waals surface area contributed by atoms with Crippen LogP contribution in [0.4, 0.5) is 0 Å². The van der Waals surface area contributed by atoms with Crippen molar-refractivity contribution in [1.29, 1.82) is 0 Å². The molecule has 1 heterocycles. The van der Waals surface area contributed by atoms with Crippen LogP contribution in [0, 0.1) is 0 Å². The van der Waals surface area contributed by atoms with E-state index < -0.39 is 24.2 Å². The lowest BCUT2D eigenvalue weighted by Gasteiger charge is -2.41. The van der Waals surface area contributed by atoms with Gasteiger partial charge in [-0.3, -0.25) is 9.59 Å². The molecule has 0 saturated carbocycles. The molecule has 2 aromatic rings. The molecule has 37 heavy (non-hydrogen) atoms. The Morgan fingerprint density at radius 1 is 1.14 bits per heavy atom. The summed E-state index contributed by atoms with van der Waals surface area (Å²) in [6.07, 6.45) is 2.45. The predicted molar refractivity (Wildman–Crippen MR) is 140 cm³/mol. The van der Waals surface area contributed by atoms with E-state index in [1.165, 1.54) is 0 Å². The molecule has 0 spiro atoms. The maximum atomic E-state index is 13.5. The summed E-state index contributed by atoms with van der Waals surface area (Å²) in [5, 5.41) is 23.6. The summed E-state index contributed by atoms with van der Waals surface area (Å²) < 4.78 is 11.7. The lowest BCUT2D eigenvalue weighted by molar-refractivity contribution is -0.137. The highest BCUT2D eigenvalue weighted by Crippen LogP contribution is 2.47. The van der Waals surface area contributed by atoms with E-state index in [0.29, 0.717) is 30.7 Å². The van der Waals surface area contributed by atoms with Gasteiger partial charge in [0, 0.05) is 30.6 Å². The molecule has 0 radical (unpaired) electrons. The van der Waals surface area contributed by atoms with Crippen LogP contribution in [0.5, 0.6) is 11.5 Å². The first-order valence-electron chi connectivity index (χ1n) is 13.0. The Kier molecular flexibility index (Phi) is 8.84. The number of fused-ring (bicyclic) bond motifs is 3. The number of rotatable bonds is 11. The number of hydrogen-bond acceptors (Lipinski definition) is 6. The van der Waals surface area contributed by atoms with Crippen LogP contribution in [-0.4, -0.2) is 72.0 Å². The Balaban J connectivity index is 1.70. The SMILES string of the molecule is CCCCC(=O)N(CCc1ccccc1OC)C1C=C(C(=O)NCCO)C2c3ccccc3OC2C1O. The molecule has 3 N–H and O–H groups in total. The second-order valence-corrected chi connectivity index (χ2v) is 9.43. The second-order valence-electron chi connectivity index (χ2n) is 9.43. The van der Waals surface area contributed by atoms with Crippen molar-refractivity contribution >= 4 is 11.8 Å². The Morgan fingerprint density at radius 3 is 2.65 bits per heavy atom. The van der Waals surface area contributed by atoms with Gasteiger partial charge in [0.1, 0.15) is 23.7 Å². The van der Waals surface area contributed by atoms with Gasteiger partial charge in [0.15, 0.2) is 0 Å². The maximum Gasteiger partial charge on any atom is 0.247 e. The minimum absolute atomic E-state index is 0.0823. The molecular formula is C29H36N2O6. The van der Waals surface area contributed by atoms with Gasteiger partial charge in [0.25, 0.3) is 0 Å². The number of unbranched alkanes of at least 4 members (excludes halogenated alkanes) is 1. The van der Waals surface area contributed by atoms with Crippen LogP contribution in [0.2, 0.25) is 0 Å². The quantitative estimate of drug-likeness (QED) is 0.431. The molecule has 0 saturated heterocycles. The van der Waals surface area contributed by atoms with Gasteiger partial charge in [-0.15, -0.1) is 0 Å². The number of aliphatic hydroxyl groups excluding tert-OH is 2. The first-order valence-corrected chi connectivity index (χ1v) is 13.0. The lowest BCUT2D eigenvalue weighted by Crippen LogP contribution is -2.56. The molecule has 2 aliphatic rings. The van der Waals surface area contributed by atoms with Gasteiger partial charge < -0.3 is 29.9 Å². The number of carbonyl (C=O) groups excluding carboxylic acids is 2. The van der Waals surface area contributed by atoms with Crippen LogP contribution in [0.1, 0.15) is 43.2 Å². The lowest BCUT2D eigenvalue weighted by atomic mass is 9.77. The van der Waals surface area contributed by atoms with Crippen molar-refractivity contribution in [3.05, 3.63) is 71.3 Å². The summed E-state index contributed by atoms with van der Waals surface area (Å²) in [7, 11) is 1.61. The zero-order valence-corrected chi connectivity index (χ0v) is 21.4. The zero-order chi connectivity index (χ0) is 26.4. The molecule has 4 unspecified atom stereocenters. The number of hydrogen-bond donors (Lipinski definition) is 3. The van der Waals surface area contributed by atoms with Gasteiger partial charge >= 0.3 is 0 Å². The van der Waals surface area contributed by atoms with Crippen molar-refractivity contribution in [2.75, 3.05) is 26.8 Å². The summed E-state index contributed by atoms with van der Waals surface area (Å²) in [5.41, 5.74) is 2.22. The largest absolute Gasteiger partial charge is 0.496 e. The molecule has 2 amide bonds. The van der Waals surface area contributed by atoms with Crippen LogP contribution in [-0.2, 0) is 16.0 Å². The summed E-state index contributed by atoms with van der Waals surface area (Å²) in [5.74, 6) is 0.467. The Labute approximate surface area is 217 Å². The van der Waals surface area contributed by atoms with Crippen molar-refractivity contribution in [2.24, 2.45) is 0 Å². The van der Waals surface area contributed by atoms with Crippen LogP contribution in [0.15, 0.2) is 60.2 Å². The predicted octanol–water partition coefficient (Wildman–Crippen LogP) is 2.58. The number of amides is 2. The molecule has 2 aromatic carbocycles. The van der Waals surface area contributed by atoms with Crippen molar-refractivity contribution in [1.82, 2.24) is 10.2 Å². The van der Waals surface area contributed by atoms with Crippen molar-refractivity contribution in [3.63, 3.8) is 0 Å². The molecule has 0 bridgehead atoms. The highest BCUT2D eigenvalue weighted by atomic mass is 16.5. The highest BCUT2D eigenvalue weighted by molar-refractivity contribution is 5.96. The normalized spacial score (nSPS) is 21.8. The zero-order valence-electron chi connectivity index (χ0n) is 21.4. The number of nitrogens with one attached hydrogen (secondary N) is 1. The molecule has 0 aromatic heterocycles. The minimum atomic E-state index is -1.03. The number of nitrogens with zero attached hydrogens (tertiary/aromatic N) is 1. The van der Waals surface area contributed by atoms with E-state index in [9.17, 15) is 19.8 Å². The standard InChI is InChI=1S/C29H36N2O6/c1-3-4-13-25(33)31(16-14-19-9-5-7-11-23(19)36-2)22-18-21(29(35)30-15-17-32)26-20-10-6-8-12-24(20)37-28(26)27(22)34/h5-12,18,22,26-28,32,34H,3-4,13-17H2,1-2H3,(H,30,35). The number of carbonyl (C=O) groups is 2. The Hall–Kier alpha value is -3.36. The average Bonchev–Trinajstić information content (AvgIpc) is 3.32. The fourth-order valence-corrected chi connectivity index (χ4v) is 5.25. The number of ether oxygens (including phenoxy) is 2. The topological polar surface area (TPSA) is 108 Å². The third-order valence-corrected chi connectivity index (χ3v) is 7.12. The second kappa shape index (κ2) is 12.3. The van der Waals surface area contributed by atoms with Crippen molar-refractivity contribution < 1.29 is 29.3 Å². The minimum Gasteiger partial charge on any atom is -0.496 e. The molecular weight excluding hydrogens is 472 g/mol. The van der Waals surface area contributed by atoms with E-state index in [1.807, 2.05) is 55.5 Å². The molecule has 1 aliphatic carbocycles. The highest BCUT2D eigenvalue weighted by Gasteiger charge is 2.50. The van der Waals surface area contributed by atoms with E-state index in [-0.39, 0.29) is 25.0 Å². The fraction of sp³-hybridized carbons (Fsp3) is 0.448. The van der Waals surface area contributed by atoms with Crippen LogP contribution >= 0.6 is 0 Å². The van der Waals surface area contributed by atoms with E-state index in [2.05, 4.69) is 5.32 Å². The van der Waals surface area contributed by atoms with Crippen LogP contribution < -0.4 is 14.8 Å². The first-order chi connectivity index (χ1) is 18.0. The third kappa shape index (κ3) is 5.65. The first kappa shape index (κ1) is 26.7. The van der Waals surface area contributed by atoms with Crippen molar-refractivity contribution in [2.45, 2.75) is 56.8 Å².